The molecule has 5 heteroatoms. The number of halogens is 1. The Bertz CT molecular complexity index is 601. The normalized spacial score (nSPS) is 13.4. The zero-order valence-corrected chi connectivity index (χ0v) is 10.4. The number of aromatic nitrogens is 1. The summed E-state index contributed by atoms with van der Waals surface area (Å²) in [5.41, 5.74) is 9.76. The maximum absolute atomic E-state index is 5.85. The Labute approximate surface area is 110 Å². The molecule has 92 valence electrons. The Morgan fingerprint density at radius 2 is 2.00 bits per heavy atom. The fraction of sp³-hybridized carbons (Fsp3) is 0.154. The SMILES string of the molecule is Nc1ccc(Cl)nc1Nc1ccc2c(c1)COC2. The van der Waals surface area contributed by atoms with Crippen LogP contribution in [0.4, 0.5) is 17.2 Å². The van der Waals surface area contributed by atoms with Gasteiger partial charge in [-0.3, -0.25) is 0 Å². The molecule has 2 aromatic rings. The minimum Gasteiger partial charge on any atom is -0.396 e. The number of nitrogens with one attached hydrogen (secondary N) is 1. The third-order valence-electron chi connectivity index (χ3n) is 2.88. The molecule has 0 amide bonds. The minimum atomic E-state index is 0.413. The summed E-state index contributed by atoms with van der Waals surface area (Å²) < 4.78 is 5.37. The van der Waals surface area contributed by atoms with E-state index in [9.17, 15) is 0 Å². The second-order valence-corrected chi connectivity index (χ2v) is 4.56. The first kappa shape index (κ1) is 11.3. The highest BCUT2D eigenvalue weighted by molar-refractivity contribution is 6.29. The van der Waals surface area contributed by atoms with Gasteiger partial charge in [-0.15, -0.1) is 0 Å². The molecule has 3 N–H and O–H groups in total. The molecule has 0 saturated carbocycles. The molecule has 3 rings (SSSR count). The lowest BCUT2D eigenvalue weighted by molar-refractivity contribution is 0.134. The molecule has 1 aromatic carbocycles. The number of nitrogens with two attached hydrogens (primary N) is 1. The molecule has 0 fully saturated rings. The summed E-state index contributed by atoms with van der Waals surface area (Å²) in [6.45, 7) is 1.34. The van der Waals surface area contributed by atoms with Crippen LogP contribution in [-0.4, -0.2) is 4.98 Å². The van der Waals surface area contributed by atoms with Crippen molar-refractivity contribution in [1.29, 1.82) is 0 Å². The number of nitrogen functional groups attached to an aromatic ring is 1. The molecule has 4 nitrogen and oxygen atoms in total. The van der Waals surface area contributed by atoms with Crippen LogP contribution >= 0.6 is 11.6 Å². The first-order chi connectivity index (χ1) is 8.72. The van der Waals surface area contributed by atoms with Crippen molar-refractivity contribution in [2.75, 3.05) is 11.1 Å². The molecule has 1 aliphatic heterocycles. The summed E-state index contributed by atoms with van der Waals surface area (Å²) in [4.78, 5) is 4.16. The van der Waals surface area contributed by atoms with Gasteiger partial charge in [0.2, 0.25) is 0 Å². The maximum Gasteiger partial charge on any atom is 0.155 e. The minimum absolute atomic E-state index is 0.413. The molecular formula is C13H12ClN3O. The van der Waals surface area contributed by atoms with E-state index in [2.05, 4.69) is 10.3 Å². The summed E-state index contributed by atoms with van der Waals surface area (Å²) in [6, 6.07) is 9.47. The van der Waals surface area contributed by atoms with Gasteiger partial charge in [-0.1, -0.05) is 17.7 Å². The lowest BCUT2D eigenvalue weighted by Crippen LogP contribution is -1.99. The second-order valence-electron chi connectivity index (χ2n) is 4.17. The van der Waals surface area contributed by atoms with Crippen LogP contribution in [-0.2, 0) is 18.0 Å². The van der Waals surface area contributed by atoms with Gasteiger partial charge in [0.25, 0.3) is 0 Å². The van der Waals surface area contributed by atoms with Crippen LogP contribution in [0.15, 0.2) is 30.3 Å². The smallest absolute Gasteiger partial charge is 0.155 e. The average Bonchev–Trinajstić information content (AvgIpc) is 2.81. The average molecular weight is 262 g/mol. The van der Waals surface area contributed by atoms with Gasteiger partial charge in [0.15, 0.2) is 5.82 Å². The van der Waals surface area contributed by atoms with Gasteiger partial charge >= 0.3 is 0 Å². The third-order valence-corrected chi connectivity index (χ3v) is 3.09. The number of fused-ring (bicyclic) bond motifs is 1. The van der Waals surface area contributed by atoms with E-state index >= 15 is 0 Å². The molecule has 2 heterocycles. The van der Waals surface area contributed by atoms with Gasteiger partial charge in [0.1, 0.15) is 5.15 Å². The van der Waals surface area contributed by atoms with E-state index in [0.29, 0.717) is 29.9 Å². The molecule has 1 aliphatic rings. The van der Waals surface area contributed by atoms with Crippen LogP contribution in [0.25, 0.3) is 0 Å². The van der Waals surface area contributed by atoms with E-state index in [-0.39, 0.29) is 0 Å². The van der Waals surface area contributed by atoms with Crippen molar-refractivity contribution in [3.05, 3.63) is 46.6 Å². The number of rotatable bonds is 2. The number of benzene rings is 1. The molecule has 0 spiro atoms. The number of hydrogen-bond acceptors (Lipinski definition) is 4. The van der Waals surface area contributed by atoms with Crippen LogP contribution in [0.1, 0.15) is 11.1 Å². The van der Waals surface area contributed by atoms with Crippen LogP contribution in [0.3, 0.4) is 0 Å². The summed E-state index contributed by atoms with van der Waals surface area (Å²) in [6.07, 6.45) is 0. The molecule has 0 aliphatic carbocycles. The summed E-state index contributed by atoms with van der Waals surface area (Å²) in [7, 11) is 0. The highest BCUT2D eigenvalue weighted by Gasteiger charge is 2.11. The largest absolute Gasteiger partial charge is 0.396 e. The van der Waals surface area contributed by atoms with E-state index in [0.717, 1.165) is 5.69 Å². The van der Waals surface area contributed by atoms with Gasteiger partial charge < -0.3 is 15.8 Å². The number of pyridine rings is 1. The summed E-state index contributed by atoms with van der Waals surface area (Å²) >= 11 is 5.85. The van der Waals surface area contributed by atoms with Gasteiger partial charge in [-0.2, -0.15) is 0 Å². The predicted octanol–water partition coefficient (Wildman–Crippen LogP) is 3.09. The number of nitrogens with zero attached hydrogens (tertiary/aromatic N) is 1. The number of hydrogen-bond donors (Lipinski definition) is 2. The molecule has 0 bridgehead atoms. The molecule has 0 atom stereocenters. The molecule has 18 heavy (non-hydrogen) atoms. The van der Waals surface area contributed by atoms with E-state index in [1.165, 1.54) is 11.1 Å². The van der Waals surface area contributed by atoms with Crippen molar-refractivity contribution < 1.29 is 4.74 Å². The Morgan fingerprint density at radius 1 is 1.17 bits per heavy atom. The van der Waals surface area contributed by atoms with Crippen molar-refractivity contribution in [1.82, 2.24) is 4.98 Å². The van der Waals surface area contributed by atoms with Crippen molar-refractivity contribution in [2.24, 2.45) is 0 Å². The Morgan fingerprint density at radius 3 is 2.89 bits per heavy atom. The van der Waals surface area contributed by atoms with E-state index < -0.39 is 0 Å². The van der Waals surface area contributed by atoms with E-state index in [1.54, 1.807) is 12.1 Å². The maximum atomic E-state index is 5.85. The van der Waals surface area contributed by atoms with Crippen molar-refractivity contribution in [2.45, 2.75) is 13.2 Å². The second kappa shape index (κ2) is 4.48. The van der Waals surface area contributed by atoms with Gasteiger partial charge in [0, 0.05) is 5.69 Å². The van der Waals surface area contributed by atoms with Crippen molar-refractivity contribution in [3.63, 3.8) is 0 Å². The lowest BCUT2D eigenvalue weighted by Gasteiger charge is -2.09. The zero-order chi connectivity index (χ0) is 12.5. The van der Waals surface area contributed by atoms with Crippen LogP contribution in [0.2, 0.25) is 5.15 Å². The summed E-state index contributed by atoms with van der Waals surface area (Å²) in [5.74, 6) is 0.571. The first-order valence-corrected chi connectivity index (χ1v) is 5.99. The first-order valence-electron chi connectivity index (χ1n) is 5.61. The van der Waals surface area contributed by atoms with Gasteiger partial charge in [-0.25, -0.2) is 4.98 Å². The fourth-order valence-corrected chi connectivity index (χ4v) is 2.08. The highest BCUT2D eigenvalue weighted by atomic mass is 35.5. The standard InChI is InChI=1S/C13H12ClN3O/c14-12-4-3-11(15)13(17-12)16-10-2-1-8-6-18-7-9(8)5-10/h1-5H,6-7,15H2,(H,16,17). The highest BCUT2D eigenvalue weighted by Crippen LogP contribution is 2.27. The lowest BCUT2D eigenvalue weighted by atomic mass is 10.1. The Hall–Kier alpha value is -1.78. The quantitative estimate of drug-likeness (QED) is 0.816. The fourth-order valence-electron chi connectivity index (χ4n) is 1.93. The predicted molar refractivity (Wildman–Crippen MR) is 71.9 cm³/mol. The van der Waals surface area contributed by atoms with Crippen LogP contribution in [0, 0.1) is 0 Å². The third kappa shape index (κ3) is 2.12. The number of ether oxygens (including phenoxy) is 1. The van der Waals surface area contributed by atoms with Gasteiger partial charge in [-0.05, 0) is 35.4 Å². The van der Waals surface area contributed by atoms with E-state index in [1.807, 2.05) is 18.2 Å². The van der Waals surface area contributed by atoms with Crippen LogP contribution in [0.5, 0.6) is 0 Å². The van der Waals surface area contributed by atoms with Gasteiger partial charge in [0.05, 0.1) is 18.9 Å². The zero-order valence-electron chi connectivity index (χ0n) is 9.61. The molecular weight excluding hydrogens is 250 g/mol. The van der Waals surface area contributed by atoms with Crippen LogP contribution < -0.4 is 11.1 Å². The summed E-state index contributed by atoms with van der Waals surface area (Å²) in [5, 5.41) is 3.58. The number of anilines is 3. The van der Waals surface area contributed by atoms with Crippen molar-refractivity contribution >= 4 is 28.8 Å². The molecule has 1 aromatic heterocycles. The van der Waals surface area contributed by atoms with E-state index in [4.69, 9.17) is 22.1 Å². The topological polar surface area (TPSA) is 60.2 Å². The Kier molecular flexibility index (Phi) is 2.81. The molecule has 0 saturated heterocycles. The molecule has 0 radical (unpaired) electrons. The Balaban J connectivity index is 1.90. The monoisotopic (exact) mass is 261 g/mol. The van der Waals surface area contributed by atoms with Crippen molar-refractivity contribution in [3.8, 4) is 0 Å². The molecule has 0 unspecified atom stereocenters.